The third-order valence-corrected chi connectivity index (χ3v) is 5.42. The highest BCUT2D eigenvalue weighted by atomic mass is 32.2. The van der Waals surface area contributed by atoms with Gasteiger partial charge in [0, 0.05) is 32.2 Å². The van der Waals surface area contributed by atoms with E-state index in [9.17, 15) is 8.42 Å². The minimum atomic E-state index is -3.34. The molecule has 134 valence electrons. The van der Waals surface area contributed by atoms with E-state index in [2.05, 4.69) is 25.1 Å². The first-order valence-electron chi connectivity index (χ1n) is 8.45. The van der Waals surface area contributed by atoms with Gasteiger partial charge in [-0.25, -0.2) is 13.1 Å². The Labute approximate surface area is 148 Å². The van der Waals surface area contributed by atoms with Crippen LogP contribution < -0.4 is 14.9 Å². The van der Waals surface area contributed by atoms with Crippen molar-refractivity contribution >= 4 is 21.5 Å². The number of sulfonamides is 1. The zero-order valence-corrected chi connectivity index (χ0v) is 14.9. The second-order valence-electron chi connectivity index (χ2n) is 6.06. The van der Waals surface area contributed by atoms with Gasteiger partial charge in [0.05, 0.1) is 17.6 Å². The third-order valence-electron chi connectivity index (χ3n) is 4.06. The van der Waals surface area contributed by atoms with Crippen LogP contribution in [-0.2, 0) is 15.8 Å². The van der Waals surface area contributed by atoms with Gasteiger partial charge in [0.15, 0.2) is 5.82 Å². The number of nitrogens with zero attached hydrogens (tertiary/aromatic N) is 3. The molecule has 0 aliphatic carbocycles. The molecule has 8 heteroatoms. The average Bonchev–Trinajstić information content (AvgIpc) is 3.14. The molecule has 2 heterocycles. The highest BCUT2D eigenvalue weighted by Gasteiger charge is 2.13. The second kappa shape index (κ2) is 8.26. The van der Waals surface area contributed by atoms with Crippen LogP contribution in [0.4, 0.5) is 11.5 Å². The van der Waals surface area contributed by atoms with Crippen molar-refractivity contribution in [2.45, 2.75) is 18.6 Å². The van der Waals surface area contributed by atoms with Gasteiger partial charge in [0.2, 0.25) is 10.0 Å². The first-order valence-corrected chi connectivity index (χ1v) is 10.1. The van der Waals surface area contributed by atoms with Crippen molar-refractivity contribution in [2.75, 3.05) is 36.4 Å². The lowest BCUT2D eigenvalue weighted by molar-refractivity contribution is 0.582. The van der Waals surface area contributed by atoms with Crippen molar-refractivity contribution in [1.82, 2.24) is 14.9 Å². The highest BCUT2D eigenvalue weighted by molar-refractivity contribution is 7.88. The van der Waals surface area contributed by atoms with Gasteiger partial charge in [0.25, 0.3) is 0 Å². The Bertz CT molecular complexity index is 777. The summed E-state index contributed by atoms with van der Waals surface area (Å²) in [6.07, 6.45) is 4.17. The molecule has 3 rings (SSSR count). The van der Waals surface area contributed by atoms with E-state index in [-0.39, 0.29) is 5.75 Å². The largest absolute Gasteiger partial charge is 0.370 e. The molecule has 2 N–H and O–H groups in total. The van der Waals surface area contributed by atoms with Crippen molar-refractivity contribution in [3.05, 3.63) is 48.2 Å². The third kappa shape index (κ3) is 5.40. The molecule has 1 saturated heterocycles. The Balaban J connectivity index is 1.46. The first kappa shape index (κ1) is 17.6. The summed E-state index contributed by atoms with van der Waals surface area (Å²) in [6, 6.07) is 11.1. The molecular weight excluding hydrogens is 338 g/mol. The topological polar surface area (TPSA) is 87.2 Å². The van der Waals surface area contributed by atoms with E-state index >= 15 is 0 Å². The van der Waals surface area contributed by atoms with Crippen LogP contribution in [0.3, 0.4) is 0 Å². The zero-order valence-electron chi connectivity index (χ0n) is 14.1. The Morgan fingerprint density at radius 2 is 1.84 bits per heavy atom. The molecule has 2 aromatic rings. The second-order valence-corrected chi connectivity index (χ2v) is 7.87. The fourth-order valence-corrected chi connectivity index (χ4v) is 3.98. The van der Waals surface area contributed by atoms with Crippen molar-refractivity contribution in [3.63, 3.8) is 0 Å². The molecule has 0 unspecified atom stereocenters. The fraction of sp³-hybridized carbons (Fsp3) is 0.412. The Kier molecular flexibility index (Phi) is 5.83. The predicted molar refractivity (Wildman–Crippen MR) is 99.0 cm³/mol. The van der Waals surface area contributed by atoms with E-state index in [1.807, 2.05) is 24.3 Å². The monoisotopic (exact) mass is 361 g/mol. The number of nitrogens with one attached hydrogen (secondary N) is 2. The van der Waals surface area contributed by atoms with Crippen molar-refractivity contribution in [2.24, 2.45) is 0 Å². The predicted octanol–water partition coefficient (Wildman–Crippen LogP) is 1.61. The smallest absolute Gasteiger partial charge is 0.215 e. The quantitative estimate of drug-likeness (QED) is 0.695. The fourth-order valence-electron chi connectivity index (χ4n) is 2.83. The van der Waals surface area contributed by atoms with Gasteiger partial charge in [-0.05, 0) is 18.4 Å². The summed E-state index contributed by atoms with van der Waals surface area (Å²) in [5.74, 6) is 0.643. The molecule has 25 heavy (non-hydrogen) atoms. The number of benzene rings is 1. The number of aromatic nitrogens is 2. The first-order chi connectivity index (χ1) is 12.1. The lowest BCUT2D eigenvalue weighted by Gasteiger charge is -2.17. The molecule has 0 saturated carbocycles. The Hall–Kier alpha value is -2.19. The van der Waals surface area contributed by atoms with Crippen LogP contribution in [0, 0.1) is 0 Å². The maximum absolute atomic E-state index is 12.1. The number of anilines is 2. The maximum atomic E-state index is 12.1. The van der Waals surface area contributed by atoms with E-state index in [1.54, 1.807) is 18.3 Å². The van der Waals surface area contributed by atoms with E-state index in [0.29, 0.717) is 18.9 Å². The molecule has 7 nitrogen and oxygen atoms in total. The molecule has 1 aromatic carbocycles. The molecule has 0 radical (unpaired) electrons. The molecule has 1 aliphatic heterocycles. The number of hydrogen-bond donors (Lipinski definition) is 2. The van der Waals surface area contributed by atoms with Gasteiger partial charge >= 0.3 is 0 Å². The lowest BCUT2D eigenvalue weighted by atomic mass is 10.2. The summed E-state index contributed by atoms with van der Waals surface area (Å²) >= 11 is 0. The summed E-state index contributed by atoms with van der Waals surface area (Å²) in [6.45, 7) is 2.84. The molecular formula is C17H23N5O2S. The molecule has 1 aromatic heterocycles. The van der Waals surface area contributed by atoms with Crippen molar-refractivity contribution in [1.29, 1.82) is 0 Å². The van der Waals surface area contributed by atoms with Crippen LogP contribution in [0.1, 0.15) is 18.4 Å². The Morgan fingerprint density at radius 3 is 2.60 bits per heavy atom. The minimum absolute atomic E-state index is 0.0158. The van der Waals surface area contributed by atoms with Gasteiger partial charge in [-0.1, -0.05) is 30.3 Å². The van der Waals surface area contributed by atoms with E-state index in [4.69, 9.17) is 0 Å². The normalized spacial score (nSPS) is 14.6. The van der Waals surface area contributed by atoms with Gasteiger partial charge in [-0.3, -0.25) is 0 Å². The summed E-state index contributed by atoms with van der Waals surface area (Å²) in [7, 11) is -3.34. The number of rotatable bonds is 8. The summed E-state index contributed by atoms with van der Waals surface area (Å²) in [5, 5.41) is 11.2. The maximum Gasteiger partial charge on any atom is 0.215 e. The van der Waals surface area contributed by atoms with Crippen LogP contribution in [0.5, 0.6) is 0 Å². The molecule has 0 spiro atoms. The SMILES string of the molecule is O=S(=O)(Cc1ccccc1)NCCNc1cc(N2CCCC2)cnn1. The molecule has 0 bridgehead atoms. The molecule has 1 fully saturated rings. The number of hydrogen-bond acceptors (Lipinski definition) is 6. The summed E-state index contributed by atoms with van der Waals surface area (Å²) in [5.41, 5.74) is 1.83. The summed E-state index contributed by atoms with van der Waals surface area (Å²) in [4.78, 5) is 2.28. The van der Waals surface area contributed by atoms with Crippen molar-refractivity contribution < 1.29 is 8.42 Å². The Morgan fingerprint density at radius 1 is 1.08 bits per heavy atom. The van der Waals surface area contributed by atoms with Gasteiger partial charge in [-0.15, -0.1) is 5.10 Å². The molecule has 0 amide bonds. The zero-order chi connectivity index (χ0) is 17.5. The van der Waals surface area contributed by atoms with Crippen LogP contribution in [-0.4, -0.2) is 44.8 Å². The highest BCUT2D eigenvalue weighted by Crippen LogP contribution is 2.20. The lowest BCUT2D eigenvalue weighted by Crippen LogP contribution is -2.30. The summed E-state index contributed by atoms with van der Waals surface area (Å²) < 4.78 is 26.7. The van der Waals surface area contributed by atoms with Gasteiger partial charge in [-0.2, -0.15) is 5.10 Å². The van der Waals surface area contributed by atoms with Crippen LogP contribution in [0.2, 0.25) is 0 Å². The molecule has 0 atom stereocenters. The van der Waals surface area contributed by atoms with E-state index in [1.165, 1.54) is 12.8 Å². The standard InChI is InChI=1S/C17H23N5O2S/c23-25(24,14-15-6-2-1-3-7-15)20-9-8-18-17-12-16(13-19-21-17)22-10-4-5-11-22/h1-3,6-7,12-13,20H,4-5,8-11,14H2,(H,18,21). The van der Waals surface area contributed by atoms with Crippen LogP contribution >= 0.6 is 0 Å². The van der Waals surface area contributed by atoms with Gasteiger partial charge < -0.3 is 10.2 Å². The van der Waals surface area contributed by atoms with E-state index in [0.717, 1.165) is 24.3 Å². The molecule has 1 aliphatic rings. The van der Waals surface area contributed by atoms with Gasteiger partial charge in [0.1, 0.15) is 0 Å². The van der Waals surface area contributed by atoms with Crippen molar-refractivity contribution in [3.8, 4) is 0 Å². The van der Waals surface area contributed by atoms with Crippen LogP contribution in [0.15, 0.2) is 42.6 Å². The van der Waals surface area contributed by atoms with Crippen LogP contribution in [0.25, 0.3) is 0 Å². The van der Waals surface area contributed by atoms with E-state index < -0.39 is 10.0 Å². The average molecular weight is 361 g/mol. The minimum Gasteiger partial charge on any atom is -0.370 e.